The number of fused-ring (bicyclic) bond motifs is 1. The highest BCUT2D eigenvalue weighted by Gasteiger charge is 2.45. The molecular weight excluding hydrogens is 586 g/mol. The summed E-state index contributed by atoms with van der Waals surface area (Å²) in [4.78, 5) is 25.3. The average molecular weight is 616 g/mol. The van der Waals surface area contributed by atoms with Crippen molar-refractivity contribution in [3.63, 3.8) is 0 Å². The molecule has 1 aliphatic heterocycles. The van der Waals surface area contributed by atoms with Gasteiger partial charge in [-0.25, -0.2) is 9.71 Å². The van der Waals surface area contributed by atoms with Gasteiger partial charge in [0.1, 0.15) is 29.6 Å². The van der Waals surface area contributed by atoms with Crippen molar-refractivity contribution < 1.29 is 37.5 Å². The number of phenols is 1. The number of carbonyl (C=O) groups is 1. The van der Waals surface area contributed by atoms with Gasteiger partial charge in [0, 0.05) is 5.92 Å². The number of nitrogens with one attached hydrogen (secondary N) is 1. The lowest BCUT2D eigenvalue weighted by Gasteiger charge is -2.18. The number of para-hydroxylation sites is 1. The molecule has 0 spiro atoms. The van der Waals surface area contributed by atoms with Crippen LogP contribution in [0.2, 0.25) is 0 Å². The number of anilines is 1. The number of nitrogen functional groups attached to an aromatic ring is 1. The maximum atomic E-state index is 12.4. The predicted molar refractivity (Wildman–Crippen MR) is 147 cm³/mol. The fourth-order valence-electron chi connectivity index (χ4n) is 5.29. The Morgan fingerprint density at radius 2 is 1.91 bits per heavy atom. The van der Waals surface area contributed by atoms with E-state index in [2.05, 4.69) is 25.3 Å². The minimum absolute atomic E-state index is 0.0349. The summed E-state index contributed by atoms with van der Waals surface area (Å²) in [7, 11) is -4.68. The van der Waals surface area contributed by atoms with E-state index in [1.165, 1.54) is 46.3 Å². The van der Waals surface area contributed by atoms with Crippen LogP contribution in [-0.2, 0) is 19.2 Å². The highest BCUT2D eigenvalue weighted by Crippen LogP contribution is 2.34. The van der Waals surface area contributed by atoms with Crippen LogP contribution >= 0.6 is 0 Å². The van der Waals surface area contributed by atoms with E-state index in [4.69, 9.17) is 14.7 Å². The lowest BCUT2D eigenvalue weighted by atomic mass is 9.87. The zero-order valence-electron chi connectivity index (χ0n) is 22.6. The normalized spacial score (nSPS) is 23.1. The number of imidazole rings is 1. The summed E-state index contributed by atoms with van der Waals surface area (Å²) < 4.78 is 39.7. The molecular formula is C25H29N9O8S. The molecule has 0 unspecified atom stereocenters. The summed E-state index contributed by atoms with van der Waals surface area (Å²) in [5.74, 6) is -1.10. The van der Waals surface area contributed by atoms with E-state index in [0.29, 0.717) is 5.92 Å². The Bertz CT molecular complexity index is 1750. The van der Waals surface area contributed by atoms with E-state index in [9.17, 15) is 28.5 Å². The summed E-state index contributed by atoms with van der Waals surface area (Å²) in [5.41, 5.74) is 7.07. The fourth-order valence-corrected chi connectivity index (χ4v) is 6.00. The molecule has 1 aliphatic carbocycles. The van der Waals surface area contributed by atoms with Crippen molar-refractivity contribution in [2.24, 2.45) is 0 Å². The topological polar surface area (TPSA) is 243 Å². The number of aromatic nitrogens is 7. The number of carbonyl (C=O) groups excluding carboxylic acids is 1. The van der Waals surface area contributed by atoms with Gasteiger partial charge in [0.25, 0.3) is 11.9 Å². The molecule has 43 heavy (non-hydrogen) atoms. The molecule has 1 amide bonds. The zero-order chi connectivity index (χ0) is 30.3. The van der Waals surface area contributed by atoms with E-state index in [0.717, 1.165) is 31.4 Å². The highest BCUT2D eigenvalue weighted by molar-refractivity contribution is 7.85. The summed E-state index contributed by atoms with van der Waals surface area (Å²) in [6.07, 6.45) is 2.85. The summed E-state index contributed by atoms with van der Waals surface area (Å²) in [6, 6.07) is 5.34. The molecule has 4 atom stereocenters. The van der Waals surface area contributed by atoms with E-state index in [1.54, 1.807) is 10.9 Å². The minimum atomic E-state index is -4.68. The number of phenolic OH excluding ortho intramolecular Hbond substituents is 1. The molecule has 228 valence electrons. The van der Waals surface area contributed by atoms with Crippen LogP contribution in [0, 0.1) is 0 Å². The van der Waals surface area contributed by atoms with Crippen molar-refractivity contribution in [3.8, 4) is 11.7 Å². The Hall–Kier alpha value is -4.23. The highest BCUT2D eigenvalue weighted by atomic mass is 32.2. The number of rotatable bonds is 8. The van der Waals surface area contributed by atoms with Crippen LogP contribution in [0.15, 0.2) is 36.8 Å². The lowest BCUT2D eigenvalue weighted by molar-refractivity contribution is -0.0468. The molecule has 0 bridgehead atoms. The number of ether oxygens (including phenoxy) is 1. The Kier molecular flexibility index (Phi) is 7.69. The summed E-state index contributed by atoms with van der Waals surface area (Å²) >= 11 is 0. The fraction of sp³-hybridized carbons (Fsp3) is 0.440. The first-order chi connectivity index (χ1) is 20.6. The molecule has 1 saturated heterocycles. The van der Waals surface area contributed by atoms with Crippen LogP contribution in [0.1, 0.15) is 60.3 Å². The van der Waals surface area contributed by atoms with Gasteiger partial charge in [0.05, 0.1) is 30.4 Å². The first-order valence-corrected chi connectivity index (χ1v) is 15.0. The second-order valence-corrected chi connectivity index (χ2v) is 11.7. The van der Waals surface area contributed by atoms with E-state index >= 15 is 0 Å². The number of aromatic hydroxyl groups is 1. The number of benzene rings is 1. The first kappa shape index (κ1) is 28.9. The first-order valence-electron chi connectivity index (χ1n) is 13.5. The van der Waals surface area contributed by atoms with Crippen molar-refractivity contribution >= 4 is 33.2 Å². The van der Waals surface area contributed by atoms with Gasteiger partial charge in [-0.1, -0.05) is 36.6 Å². The molecule has 17 nitrogen and oxygen atoms in total. The Morgan fingerprint density at radius 3 is 2.67 bits per heavy atom. The zero-order valence-corrected chi connectivity index (χ0v) is 23.4. The van der Waals surface area contributed by atoms with Crippen LogP contribution in [-0.4, -0.2) is 89.1 Å². The van der Waals surface area contributed by atoms with Crippen LogP contribution in [0.3, 0.4) is 0 Å². The average Bonchev–Trinajstić information content (AvgIpc) is 3.71. The van der Waals surface area contributed by atoms with Crippen molar-refractivity contribution in [1.82, 2.24) is 39.2 Å². The van der Waals surface area contributed by atoms with Crippen LogP contribution in [0.4, 0.5) is 5.82 Å². The molecule has 4 heterocycles. The Balaban J connectivity index is 1.18. The van der Waals surface area contributed by atoms with Crippen molar-refractivity contribution in [2.75, 3.05) is 12.3 Å². The summed E-state index contributed by atoms with van der Waals surface area (Å²) in [6.45, 7) is -0.754. The van der Waals surface area contributed by atoms with Gasteiger partial charge in [0.2, 0.25) is 0 Å². The number of hydrogen-bond acceptors (Lipinski definition) is 14. The van der Waals surface area contributed by atoms with Gasteiger partial charge < -0.3 is 25.8 Å². The maximum Gasteiger partial charge on any atom is 0.362 e. The largest absolute Gasteiger partial charge is 0.507 e. The van der Waals surface area contributed by atoms with E-state index in [1.807, 2.05) is 0 Å². The van der Waals surface area contributed by atoms with Gasteiger partial charge in [-0.05, 0) is 25.0 Å². The second kappa shape index (κ2) is 11.5. The molecule has 3 aromatic heterocycles. The van der Waals surface area contributed by atoms with Gasteiger partial charge >= 0.3 is 10.3 Å². The number of aliphatic hydroxyl groups excluding tert-OH is 2. The third-order valence-corrected chi connectivity index (χ3v) is 8.42. The van der Waals surface area contributed by atoms with Crippen molar-refractivity contribution in [3.05, 3.63) is 48.0 Å². The standard InChI is InChI=1S/C25H29N9O8S/c26-21-18-22(29-25(28-21)34-10-15(30-32-34)13-6-2-1-3-7-13)33(12-27-18)24-20(37)19(36)17(42-24)11-41-43(39,40)31-23(38)14-8-4-5-9-16(14)35/h4-5,8-10,12-13,17,19-20,24,35-37H,1-3,6-7,11H2,(H,31,38)(H2,26,28,29)/t17-,19-,20-,24-/m1/s1. The monoisotopic (exact) mass is 615 g/mol. The summed E-state index contributed by atoms with van der Waals surface area (Å²) in [5, 5.41) is 39.7. The SMILES string of the molecule is Nc1nc(-n2cc(C3CCCCC3)nn2)nc2c1ncn2[C@@H]1O[C@H](COS(=O)(=O)NC(=O)c2ccccc2O)[C@@H](O)[C@H]1O. The molecule has 4 aromatic rings. The molecule has 2 aliphatic rings. The Morgan fingerprint density at radius 1 is 1.14 bits per heavy atom. The molecule has 1 saturated carbocycles. The number of nitrogens with two attached hydrogens (primary N) is 1. The lowest BCUT2D eigenvalue weighted by Crippen LogP contribution is -2.37. The smallest absolute Gasteiger partial charge is 0.362 e. The van der Waals surface area contributed by atoms with Gasteiger partial charge in [-0.3, -0.25) is 13.5 Å². The second-order valence-electron chi connectivity index (χ2n) is 10.4. The number of nitrogens with zero attached hydrogens (tertiary/aromatic N) is 7. The predicted octanol–water partition coefficient (Wildman–Crippen LogP) is 0.0531. The van der Waals surface area contributed by atoms with Gasteiger partial charge in [-0.2, -0.15) is 23.1 Å². The van der Waals surface area contributed by atoms with Crippen LogP contribution < -0.4 is 10.5 Å². The van der Waals surface area contributed by atoms with Gasteiger partial charge in [-0.15, -0.1) is 5.10 Å². The van der Waals surface area contributed by atoms with Gasteiger partial charge in [0.15, 0.2) is 17.7 Å². The molecule has 2 fully saturated rings. The Labute approximate surface area is 244 Å². The third-order valence-electron chi connectivity index (χ3n) is 7.54. The van der Waals surface area contributed by atoms with Crippen LogP contribution in [0.25, 0.3) is 17.1 Å². The number of hydrogen-bond donors (Lipinski definition) is 5. The molecule has 6 N–H and O–H groups in total. The quantitative estimate of drug-likeness (QED) is 0.176. The molecule has 0 radical (unpaired) electrons. The molecule has 1 aromatic carbocycles. The number of aliphatic hydroxyl groups is 2. The van der Waals surface area contributed by atoms with E-state index in [-0.39, 0.29) is 28.5 Å². The van der Waals surface area contributed by atoms with E-state index < -0.39 is 53.1 Å². The van der Waals surface area contributed by atoms with Crippen LogP contribution in [0.5, 0.6) is 5.75 Å². The van der Waals surface area contributed by atoms with Crippen molar-refractivity contribution in [2.45, 2.75) is 62.6 Å². The van der Waals surface area contributed by atoms with Crippen molar-refractivity contribution in [1.29, 1.82) is 0 Å². The maximum absolute atomic E-state index is 12.4. The third kappa shape index (κ3) is 5.74. The number of amides is 1. The molecule has 18 heteroatoms. The minimum Gasteiger partial charge on any atom is -0.507 e. The molecule has 6 rings (SSSR count).